The van der Waals surface area contributed by atoms with E-state index in [4.69, 9.17) is 5.11 Å². The lowest BCUT2D eigenvalue weighted by Gasteiger charge is -2.12. The molecule has 0 spiro atoms. The lowest BCUT2D eigenvalue weighted by Crippen LogP contribution is -2.33. The van der Waals surface area contributed by atoms with Crippen molar-refractivity contribution in [2.75, 3.05) is 12.9 Å². The van der Waals surface area contributed by atoms with Crippen molar-refractivity contribution in [2.45, 2.75) is 42.0 Å². The number of nitrogens with zero attached hydrogens (tertiary/aromatic N) is 2. The van der Waals surface area contributed by atoms with Gasteiger partial charge >= 0.3 is 0 Å². The third-order valence-electron chi connectivity index (χ3n) is 3.29. The van der Waals surface area contributed by atoms with Gasteiger partial charge < -0.3 is 5.11 Å². The first-order valence-electron chi connectivity index (χ1n) is 6.23. The standard InChI is InChI=1S/C11H19N3O3S2/c1-18-10-3-2-9(6-10)13-19(16,17)11-7-12-14(8-11)4-5-15/h7-10,13,15H,2-6H2,1H3. The van der Waals surface area contributed by atoms with E-state index in [1.54, 1.807) is 11.8 Å². The minimum absolute atomic E-state index is 0.0173. The third kappa shape index (κ3) is 3.71. The molecule has 8 heteroatoms. The van der Waals surface area contributed by atoms with Gasteiger partial charge in [-0.2, -0.15) is 16.9 Å². The van der Waals surface area contributed by atoms with Crippen LogP contribution in [-0.2, 0) is 16.6 Å². The largest absolute Gasteiger partial charge is 0.394 e. The van der Waals surface area contributed by atoms with Crippen LogP contribution < -0.4 is 4.72 Å². The number of rotatable bonds is 6. The van der Waals surface area contributed by atoms with Crippen LogP contribution in [0.4, 0.5) is 0 Å². The second-order valence-corrected chi connectivity index (χ2v) is 7.50. The van der Waals surface area contributed by atoms with E-state index >= 15 is 0 Å². The van der Waals surface area contributed by atoms with E-state index in [0.717, 1.165) is 19.3 Å². The van der Waals surface area contributed by atoms with Crippen LogP contribution in [0.1, 0.15) is 19.3 Å². The van der Waals surface area contributed by atoms with Crippen molar-refractivity contribution in [1.29, 1.82) is 0 Å². The minimum atomic E-state index is -3.50. The van der Waals surface area contributed by atoms with Crippen LogP contribution in [0.5, 0.6) is 0 Å². The van der Waals surface area contributed by atoms with Gasteiger partial charge in [0.15, 0.2) is 0 Å². The molecule has 0 saturated heterocycles. The van der Waals surface area contributed by atoms with Crippen molar-refractivity contribution in [1.82, 2.24) is 14.5 Å². The predicted molar refractivity (Wildman–Crippen MR) is 74.6 cm³/mol. The van der Waals surface area contributed by atoms with Gasteiger partial charge in [-0.3, -0.25) is 4.68 Å². The molecule has 1 aliphatic rings. The van der Waals surface area contributed by atoms with Gasteiger partial charge in [0.05, 0.1) is 19.3 Å². The molecule has 1 saturated carbocycles. The number of aliphatic hydroxyl groups excluding tert-OH is 1. The first kappa shape index (κ1) is 14.8. The fraction of sp³-hybridized carbons (Fsp3) is 0.727. The molecule has 2 atom stereocenters. The molecule has 1 aliphatic carbocycles. The molecular formula is C11H19N3O3S2. The van der Waals surface area contributed by atoms with Gasteiger partial charge in [-0.1, -0.05) is 0 Å². The molecule has 0 amide bonds. The van der Waals surface area contributed by atoms with Gasteiger partial charge in [-0.05, 0) is 25.5 Å². The third-order valence-corrected chi connectivity index (χ3v) is 5.86. The SMILES string of the molecule is CSC1CCC(NS(=O)(=O)c2cnn(CCO)c2)C1. The Morgan fingerprint density at radius 1 is 1.58 bits per heavy atom. The summed E-state index contributed by atoms with van der Waals surface area (Å²) >= 11 is 1.79. The molecule has 108 valence electrons. The topological polar surface area (TPSA) is 84.2 Å². The minimum Gasteiger partial charge on any atom is -0.394 e. The van der Waals surface area contributed by atoms with Crippen LogP contribution in [0.15, 0.2) is 17.3 Å². The van der Waals surface area contributed by atoms with E-state index in [0.29, 0.717) is 11.8 Å². The van der Waals surface area contributed by atoms with E-state index in [9.17, 15) is 8.42 Å². The van der Waals surface area contributed by atoms with Crippen LogP contribution in [0, 0.1) is 0 Å². The molecule has 1 heterocycles. The Balaban J connectivity index is 2.01. The van der Waals surface area contributed by atoms with Gasteiger partial charge in [0.1, 0.15) is 4.90 Å². The Kier molecular flexibility index (Phi) is 4.88. The van der Waals surface area contributed by atoms with Gasteiger partial charge in [-0.25, -0.2) is 13.1 Å². The quantitative estimate of drug-likeness (QED) is 0.796. The molecule has 1 aromatic heterocycles. The Bertz CT molecular complexity index is 515. The Morgan fingerprint density at radius 3 is 3.00 bits per heavy atom. The number of thioether (sulfide) groups is 1. The molecule has 19 heavy (non-hydrogen) atoms. The molecule has 2 rings (SSSR count). The molecule has 2 unspecified atom stereocenters. The Hall–Kier alpha value is -0.570. The van der Waals surface area contributed by atoms with Crippen LogP contribution in [0.2, 0.25) is 0 Å². The Labute approximate surface area is 117 Å². The van der Waals surface area contributed by atoms with Gasteiger partial charge in [-0.15, -0.1) is 0 Å². The monoisotopic (exact) mass is 305 g/mol. The second kappa shape index (κ2) is 6.25. The smallest absolute Gasteiger partial charge is 0.243 e. The van der Waals surface area contributed by atoms with Gasteiger partial charge in [0.25, 0.3) is 0 Å². The number of hydrogen-bond donors (Lipinski definition) is 2. The lowest BCUT2D eigenvalue weighted by molar-refractivity contribution is 0.269. The van der Waals surface area contributed by atoms with Crippen molar-refractivity contribution < 1.29 is 13.5 Å². The lowest BCUT2D eigenvalue weighted by atomic mass is 10.3. The van der Waals surface area contributed by atoms with Gasteiger partial charge in [0, 0.05) is 17.5 Å². The summed E-state index contributed by atoms with van der Waals surface area (Å²) in [7, 11) is -3.50. The summed E-state index contributed by atoms with van der Waals surface area (Å²) < 4.78 is 28.5. The molecule has 0 radical (unpaired) electrons. The molecule has 1 aromatic rings. The number of nitrogens with one attached hydrogen (secondary N) is 1. The summed E-state index contributed by atoms with van der Waals surface area (Å²) in [5.41, 5.74) is 0. The maximum absolute atomic E-state index is 12.2. The van der Waals surface area contributed by atoms with Gasteiger partial charge in [0.2, 0.25) is 10.0 Å². The van der Waals surface area contributed by atoms with Crippen molar-refractivity contribution in [2.24, 2.45) is 0 Å². The number of hydrogen-bond acceptors (Lipinski definition) is 5. The fourth-order valence-electron chi connectivity index (χ4n) is 2.26. The molecule has 2 N–H and O–H groups in total. The van der Waals surface area contributed by atoms with Crippen molar-refractivity contribution >= 4 is 21.8 Å². The van der Waals surface area contributed by atoms with E-state index in [1.165, 1.54) is 17.1 Å². The zero-order valence-corrected chi connectivity index (χ0v) is 12.5. The summed E-state index contributed by atoms with van der Waals surface area (Å²) in [6.07, 6.45) is 7.64. The molecule has 0 aromatic carbocycles. The van der Waals surface area contributed by atoms with Crippen LogP contribution >= 0.6 is 11.8 Å². The zero-order chi connectivity index (χ0) is 13.9. The summed E-state index contributed by atoms with van der Waals surface area (Å²) in [6.45, 7) is 0.236. The van der Waals surface area contributed by atoms with E-state index in [-0.39, 0.29) is 17.5 Å². The second-order valence-electron chi connectivity index (χ2n) is 4.65. The highest BCUT2D eigenvalue weighted by atomic mass is 32.2. The fourth-order valence-corrected chi connectivity index (χ4v) is 4.29. The molecular weight excluding hydrogens is 286 g/mol. The van der Waals surface area contributed by atoms with Crippen LogP contribution in [0.25, 0.3) is 0 Å². The molecule has 6 nitrogen and oxygen atoms in total. The predicted octanol–water partition coefficient (Wildman–Crippen LogP) is 0.438. The molecule has 0 aliphatic heterocycles. The first-order chi connectivity index (χ1) is 9.05. The van der Waals surface area contributed by atoms with Crippen molar-refractivity contribution in [3.63, 3.8) is 0 Å². The summed E-state index contributed by atoms with van der Waals surface area (Å²) in [5.74, 6) is 0. The van der Waals surface area contributed by atoms with Crippen LogP contribution in [0.3, 0.4) is 0 Å². The maximum Gasteiger partial charge on any atom is 0.243 e. The number of aliphatic hydroxyl groups is 1. The zero-order valence-electron chi connectivity index (χ0n) is 10.8. The van der Waals surface area contributed by atoms with Crippen molar-refractivity contribution in [3.8, 4) is 0 Å². The normalized spacial score (nSPS) is 23.9. The maximum atomic E-state index is 12.2. The first-order valence-corrected chi connectivity index (χ1v) is 9.00. The Morgan fingerprint density at radius 2 is 2.37 bits per heavy atom. The average Bonchev–Trinajstić information content (AvgIpc) is 2.98. The summed E-state index contributed by atoms with van der Waals surface area (Å²) in [5, 5.41) is 13.2. The van der Waals surface area contributed by atoms with Crippen LogP contribution in [-0.4, -0.2) is 47.5 Å². The van der Waals surface area contributed by atoms with E-state index in [2.05, 4.69) is 16.1 Å². The average molecular weight is 305 g/mol. The highest BCUT2D eigenvalue weighted by Gasteiger charge is 2.28. The number of sulfonamides is 1. The van der Waals surface area contributed by atoms with E-state index in [1.807, 2.05) is 0 Å². The van der Waals surface area contributed by atoms with E-state index < -0.39 is 10.0 Å². The summed E-state index contributed by atoms with van der Waals surface area (Å²) in [4.78, 5) is 0.161. The highest BCUT2D eigenvalue weighted by Crippen LogP contribution is 2.29. The summed E-state index contributed by atoms with van der Waals surface area (Å²) in [6, 6.07) is 0.0173. The molecule has 1 fully saturated rings. The number of aromatic nitrogens is 2. The van der Waals surface area contributed by atoms with Crippen molar-refractivity contribution in [3.05, 3.63) is 12.4 Å². The molecule has 0 bridgehead atoms. The highest BCUT2D eigenvalue weighted by molar-refractivity contribution is 7.99.